The van der Waals surface area contributed by atoms with Crippen molar-refractivity contribution in [2.75, 3.05) is 6.54 Å². The Morgan fingerprint density at radius 1 is 1.05 bits per heavy atom. The van der Waals surface area contributed by atoms with Crippen LogP contribution in [0.1, 0.15) is 17.2 Å². The van der Waals surface area contributed by atoms with Crippen LogP contribution in [-0.4, -0.2) is 21.8 Å². The molecule has 3 rings (SSSR count). The fourth-order valence-corrected chi connectivity index (χ4v) is 2.42. The van der Waals surface area contributed by atoms with Crippen LogP contribution in [-0.2, 0) is 0 Å². The lowest BCUT2D eigenvalue weighted by atomic mass is 9.95. The second kappa shape index (κ2) is 5.81. The maximum absolute atomic E-state index is 9.38. The molecule has 0 aliphatic heterocycles. The average Bonchev–Trinajstić information content (AvgIpc) is 3.00. The predicted molar refractivity (Wildman–Crippen MR) is 83.0 cm³/mol. The summed E-state index contributed by atoms with van der Waals surface area (Å²) in [5.41, 5.74) is 9.92. The average molecular weight is 279 g/mol. The van der Waals surface area contributed by atoms with Crippen molar-refractivity contribution < 1.29 is 5.11 Å². The highest BCUT2D eigenvalue weighted by molar-refractivity contribution is 5.59. The van der Waals surface area contributed by atoms with Gasteiger partial charge < -0.3 is 10.8 Å². The normalized spacial score (nSPS) is 12.2. The zero-order chi connectivity index (χ0) is 14.7. The summed E-state index contributed by atoms with van der Waals surface area (Å²) in [5.74, 6) is 0.291. The minimum atomic E-state index is 0.0376. The number of aromatic amines is 1. The van der Waals surface area contributed by atoms with Gasteiger partial charge in [0.2, 0.25) is 0 Å². The highest BCUT2D eigenvalue weighted by Gasteiger charge is 2.15. The molecule has 0 aliphatic carbocycles. The zero-order valence-corrected chi connectivity index (χ0v) is 11.5. The standard InChI is InChI=1S/C17H17N3O/c18-11-15(12-6-8-14(21)9-7-12)17-10-16(19-20-17)13-4-2-1-3-5-13/h1-10,15,21H,11,18H2,(H,19,20). The molecule has 3 aromatic rings. The summed E-state index contributed by atoms with van der Waals surface area (Å²) in [5, 5.41) is 16.8. The van der Waals surface area contributed by atoms with Crippen molar-refractivity contribution in [2.45, 2.75) is 5.92 Å². The number of benzene rings is 2. The maximum Gasteiger partial charge on any atom is 0.115 e. The number of H-pyrrole nitrogens is 1. The molecular weight excluding hydrogens is 262 g/mol. The number of nitrogens with two attached hydrogens (primary N) is 1. The van der Waals surface area contributed by atoms with E-state index in [1.54, 1.807) is 12.1 Å². The molecule has 1 unspecified atom stereocenters. The molecule has 21 heavy (non-hydrogen) atoms. The Morgan fingerprint density at radius 2 is 1.76 bits per heavy atom. The van der Waals surface area contributed by atoms with Gasteiger partial charge in [-0.2, -0.15) is 5.10 Å². The van der Waals surface area contributed by atoms with Gasteiger partial charge in [0.25, 0.3) is 0 Å². The van der Waals surface area contributed by atoms with Gasteiger partial charge in [-0.25, -0.2) is 0 Å². The topological polar surface area (TPSA) is 74.9 Å². The lowest BCUT2D eigenvalue weighted by Gasteiger charge is -2.13. The largest absolute Gasteiger partial charge is 0.508 e. The van der Waals surface area contributed by atoms with E-state index in [9.17, 15) is 5.11 Å². The van der Waals surface area contributed by atoms with Gasteiger partial charge in [0.15, 0.2) is 0 Å². The second-order valence-corrected chi connectivity index (χ2v) is 4.95. The first-order valence-electron chi connectivity index (χ1n) is 6.87. The van der Waals surface area contributed by atoms with Crippen molar-refractivity contribution in [3.63, 3.8) is 0 Å². The highest BCUT2D eigenvalue weighted by Crippen LogP contribution is 2.26. The summed E-state index contributed by atoms with van der Waals surface area (Å²) < 4.78 is 0. The number of nitrogens with one attached hydrogen (secondary N) is 1. The summed E-state index contributed by atoms with van der Waals surface area (Å²) in [6, 6.07) is 19.2. The lowest BCUT2D eigenvalue weighted by molar-refractivity contribution is 0.475. The summed E-state index contributed by atoms with van der Waals surface area (Å²) >= 11 is 0. The molecule has 4 N–H and O–H groups in total. The van der Waals surface area contributed by atoms with Crippen LogP contribution in [0, 0.1) is 0 Å². The van der Waals surface area contributed by atoms with E-state index in [4.69, 9.17) is 5.73 Å². The molecule has 106 valence electrons. The van der Waals surface area contributed by atoms with E-state index in [0.29, 0.717) is 6.54 Å². The van der Waals surface area contributed by atoms with E-state index in [1.165, 1.54) is 0 Å². The van der Waals surface area contributed by atoms with Crippen LogP contribution in [0.2, 0.25) is 0 Å². The number of aromatic hydroxyl groups is 1. The lowest BCUT2D eigenvalue weighted by Crippen LogP contribution is -2.14. The van der Waals surface area contributed by atoms with Crippen molar-refractivity contribution in [2.24, 2.45) is 5.73 Å². The van der Waals surface area contributed by atoms with E-state index in [1.807, 2.05) is 48.5 Å². The van der Waals surface area contributed by atoms with Crippen LogP contribution < -0.4 is 5.73 Å². The Bertz CT molecular complexity index is 704. The Kier molecular flexibility index (Phi) is 3.71. The SMILES string of the molecule is NCC(c1ccc(O)cc1)c1cc(-c2ccccc2)n[nH]1. The molecule has 0 amide bonds. The number of rotatable bonds is 4. The molecule has 4 heteroatoms. The van der Waals surface area contributed by atoms with E-state index in [-0.39, 0.29) is 11.7 Å². The van der Waals surface area contributed by atoms with E-state index < -0.39 is 0 Å². The van der Waals surface area contributed by atoms with Crippen molar-refractivity contribution in [3.8, 4) is 17.0 Å². The van der Waals surface area contributed by atoms with Gasteiger partial charge in [0.1, 0.15) is 5.75 Å². The molecule has 0 bridgehead atoms. The molecule has 0 spiro atoms. The number of aromatic nitrogens is 2. The zero-order valence-electron chi connectivity index (χ0n) is 11.5. The Hall–Kier alpha value is -2.59. The van der Waals surface area contributed by atoms with Crippen LogP contribution in [0.5, 0.6) is 5.75 Å². The van der Waals surface area contributed by atoms with Crippen molar-refractivity contribution in [1.29, 1.82) is 0 Å². The maximum atomic E-state index is 9.38. The van der Waals surface area contributed by atoms with Crippen LogP contribution >= 0.6 is 0 Å². The molecule has 0 saturated carbocycles. The van der Waals surface area contributed by atoms with Gasteiger partial charge >= 0.3 is 0 Å². The number of nitrogens with zero attached hydrogens (tertiary/aromatic N) is 1. The molecule has 0 saturated heterocycles. The van der Waals surface area contributed by atoms with Gasteiger partial charge in [-0.1, -0.05) is 42.5 Å². The van der Waals surface area contributed by atoms with Gasteiger partial charge in [-0.05, 0) is 23.8 Å². The fourth-order valence-electron chi connectivity index (χ4n) is 2.42. The molecule has 4 nitrogen and oxygen atoms in total. The Morgan fingerprint density at radius 3 is 2.43 bits per heavy atom. The number of phenolic OH excluding ortho intramolecular Hbond substituents is 1. The smallest absolute Gasteiger partial charge is 0.115 e. The van der Waals surface area contributed by atoms with Gasteiger partial charge in [0.05, 0.1) is 5.69 Å². The first kappa shape index (κ1) is 13.4. The summed E-state index contributed by atoms with van der Waals surface area (Å²) in [6.45, 7) is 0.473. The molecule has 1 atom stereocenters. The van der Waals surface area contributed by atoms with Crippen LogP contribution in [0.15, 0.2) is 60.7 Å². The Balaban J connectivity index is 1.92. The molecule has 1 heterocycles. The third-order valence-electron chi connectivity index (χ3n) is 3.57. The predicted octanol–water partition coefficient (Wildman–Crippen LogP) is 2.87. The minimum absolute atomic E-state index is 0.0376. The summed E-state index contributed by atoms with van der Waals surface area (Å²) in [4.78, 5) is 0. The van der Waals surface area contributed by atoms with E-state index in [0.717, 1.165) is 22.5 Å². The third kappa shape index (κ3) is 2.80. The fraction of sp³-hybridized carbons (Fsp3) is 0.118. The monoisotopic (exact) mass is 279 g/mol. The van der Waals surface area contributed by atoms with Crippen LogP contribution in [0.25, 0.3) is 11.3 Å². The highest BCUT2D eigenvalue weighted by atomic mass is 16.3. The van der Waals surface area contributed by atoms with Gasteiger partial charge in [-0.15, -0.1) is 0 Å². The summed E-state index contributed by atoms with van der Waals surface area (Å²) in [7, 11) is 0. The van der Waals surface area contributed by atoms with Crippen molar-refractivity contribution in [1.82, 2.24) is 10.2 Å². The molecule has 0 radical (unpaired) electrons. The number of phenols is 1. The first-order valence-corrected chi connectivity index (χ1v) is 6.87. The molecule has 2 aromatic carbocycles. The van der Waals surface area contributed by atoms with Crippen LogP contribution in [0.4, 0.5) is 0 Å². The van der Waals surface area contributed by atoms with Crippen LogP contribution in [0.3, 0.4) is 0 Å². The quantitative estimate of drug-likeness (QED) is 0.687. The molecule has 1 aromatic heterocycles. The molecule has 0 fully saturated rings. The van der Waals surface area contributed by atoms with E-state index >= 15 is 0 Å². The van der Waals surface area contributed by atoms with E-state index in [2.05, 4.69) is 10.2 Å². The number of hydrogen-bond acceptors (Lipinski definition) is 3. The second-order valence-electron chi connectivity index (χ2n) is 4.95. The minimum Gasteiger partial charge on any atom is -0.508 e. The van der Waals surface area contributed by atoms with Crippen molar-refractivity contribution >= 4 is 0 Å². The molecular formula is C17H17N3O. The van der Waals surface area contributed by atoms with Gasteiger partial charge in [0, 0.05) is 23.7 Å². The third-order valence-corrected chi connectivity index (χ3v) is 3.57. The number of hydrogen-bond donors (Lipinski definition) is 3. The molecule has 0 aliphatic rings. The Labute approximate surface area is 123 Å². The van der Waals surface area contributed by atoms with Crippen molar-refractivity contribution in [3.05, 3.63) is 71.9 Å². The van der Waals surface area contributed by atoms with Gasteiger partial charge in [-0.3, -0.25) is 5.10 Å². The summed E-state index contributed by atoms with van der Waals surface area (Å²) in [6.07, 6.45) is 0. The first-order chi connectivity index (χ1) is 10.3.